The van der Waals surface area contributed by atoms with Crippen molar-refractivity contribution in [3.05, 3.63) is 82.9 Å². The van der Waals surface area contributed by atoms with Crippen molar-refractivity contribution in [2.75, 3.05) is 16.6 Å². The van der Waals surface area contributed by atoms with Gasteiger partial charge < -0.3 is 4.90 Å². The lowest BCUT2D eigenvalue weighted by Gasteiger charge is -2.50. The Labute approximate surface area is 178 Å². The maximum absolute atomic E-state index is 5.11. The number of benzene rings is 3. The Hall–Kier alpha value is -3.07. The van der Waals surface area contributed by atoms with Crippen LogP contribution in [-0.2, 0) is 10.8 Å². The Balaban J connectivity index is 1.63. The molecule has 0 aromatic heterocycles. The van der Waals surface area contributed by atoms with E-state index in [4.69, 9.17) is 5.10 Å². The van der Waals surface area contributed by atoms with E-state index in [0.29, 0.717) is 0 Å². The van der Waals surface area contributed by atoms with Gasteiger partial charge in [-0.15, -0.1) is 0 Å². The summed E-state index contributed by atoms with van der Waals surface area (Å²) in [4.78, 5) is 2.39. The average Bonchev–Trinajstić information content (AvgIpc) is 3.18. The van der Waals surface area contributed by atoms with Gasteiger partial charge in [-0.25, -0.2) is 5.01 Å². The van der Waals surface area contributed by atoms with E-state index >= 15 is 0 Å². The van der Waals surface area contributed by atoms with Crippen LogP contribution in [0.25, 0.3) is 11.1 Å². The summed E-state index contributed by atoms with van der Waals surface area (Å²) in [5.41, 5.74) is 10.7. The van der Waals surface area contributed by atoms with Gasteiger partial charge in [-0.3, -0.25) is 0 Å². The third-order valence-corrected chi connectivity index (χ3v) is 7.88. The molecule has 0 spiro atoms. The van der Waals surface area contributed by atoms with Gasteiger partial charge in [-0.1, -0.05) is 75.7 Å². The molecule has 0 radical (unpaired) electrons. The molecule has 2 aliphatic heterocycles. The van der Waals surface area contributed by atoms with Gasteiger partial charge >= 0.3 is 0 Å². The predicted molar refractivity (Wildman–Crippen MR) is 125 cm³/mol. The number of fused-ring (bicyclic) bond motifs is 3. The molecule has 6 rings (SSSR count). The molecule has 0 fully saturated rings. The van der Waals surface area contributed by atoms with Crippen molar-refractivity contribution < 1.29 is 0 Å². The lowest BCUT2D eigenvalue weighted by atomic mass is 9.54. The number of hydrogen-bond acceptors (Lipinski definition) is 3. The van der Waals surface area contributed by atoms with Gasteiger partial charge in [0.05, 0.1) is 11.4 Å². The molecule has 0 saturated carbocycles. The molecule has 0 N–H and O–H groups in total. The summed E-state index contributed by atoms with van der Waals surface area (Å²) in [6.45, 7) is 12.4. The second-order valence-electron chi connectivity index (χ2n) is 9.91. The quantitative estimate of drug-likeness (QED) is 0.491. The zero-order chi connectivity index (χ0) is 20.8. The van der Waals surface area contributed by atoms with E-state index in [1.165, 1.54) is 39.1 Å². The van der Waals surface area contributed by atoms with Crippen LogP contribution < -0.4 is 9.91 Å². The second kappa shape index (κ2) is 5.54. The first kappa shape index (κ1) is 17.8. The van der Waals surface area contributed by atoms with Gasteiger partial charge in [-0.05, 0) is 52.6 Å². The van der Waals surface area contributed by atoms with E-state index in [9.17, 15) is 0 Å². The van der Waals surface area contributed by atoms with Gasteiger partial charge in [0.1, 0.15) is 6.67 Å². The van der Waals surface area contributed by atoms with Crippen molar-refractivity contribution in [3.63, 3.8) is 0 Å². The molecular weight excluding hydrogens is 366 g/mol. The van der Waals surface area contributed by atoms with Gasteiger partial charge in [0, 0.05) is 11.1 Å². The largest absolute Gasteiger partial charge is 0.304 e. The summed E-state index contributed by atoms with van der Waals surface area (Å²) < 4.78 is 0. The molecule has 0 atom stereocenters. The van der Waals surface area contributed by atoms with Crippen LogP contribution in [0, 0.1) is 6.92 Å². The SMILES string of the molecule is Cc1ccc(N2CN3C(=N2)c2cccc4c2-c2c3cccc2C(C)(C)C4(C)C)cc1. The maximum Gasteiger partial charge on any atom is 0.163 e. The van der Waals surface area contributed by atoms with E-state index in [1.807, 2.05) is 0 Å². The van der Waals surface area contributed by atoms with Crippen LogP contribution in [0.5, 0.6) is 0 Å². The molecular formula is C27H27N3. The smallest absolute Gasteiger partial charge is 0.163 e. The fraction of sp³-hybridized carbons (Fsp3) is 0.296. The lowest BCUT2D eigenvalue weighted by molar-refractivity contribution is 0.299. The first-order chi connectivity index (χ1) is 14.3. The topological polar surface area (TPSA) is 18.8 Å². The minimum Gasteiger partial charge on any atom is -0.304 e. The standard InChI is InChI=1S/C27H27N3/c1-17-12-14-18(15-13-17)30-16-29-22-11-7-10-21-24(22)23-19(25(29)28-30)8-6-9-20(23)26(2,3)27(21,4)5/h6-15H,16H2,1-5H3. The molecule has 0 unspecified atom stereocenters. The van der Waals surface area contributed by atoms with Crippen LogP contribution in [-0.4, -0.2) is 12.5 Å². The van der Waals surface area contributed by atoms with E-state index in [-0.39, 0.29) is 10.8 Å². The highest BCUT2D eigenvalue weighted by Gasteiger charge is 2.49. The molecule has 3 aromatic carbocycles. The number of amidine groups is 1. The van der Waals surface area contributed by atoms with Crippen LogP contribution >= 0.6 is 0 Å². The molecule has 3 aliphatic rings. The summed E-state index contributed by atoms with van der Waals surface area (Å²) in [5, 5.41) is 7.23. The number of nitrogens with zero attached hydrogens (tertiary/aromatic N) is 3. The summed E-state index contributed by atoms with van der Waals surface area (Å²) >= 11 is 0. The van der Waals surface area contributed by atoms with Crippen molar-refractivity contribution in [1.82, 2.24) is 0 Å². The van der Waals surface area contributed by atoms with Crippen LogP contribution in [0.15, 0.2) is 65.8 Å². The molecule has 30 heavy (non-hydrogen) atoms. The first-order valence-corrected chi connectivity index (χ1v) is 10.8. The molecule has 2 heterocycles. The monoisotopic (exact) mass is 393 g/mol. The Bertz CT molecular complexity index is 1230. The van der Waals surface area contributed by atoms with E-state index < -0.39 is 0 Å². The Morgan fingerprint density at radius 1 is 0.767 bits per heavy atom. The third kappa shape index (κ3) is 2.03. The molecule has 3 aromatic rings. The molecule has 3 heteroatoms. The van der Waals surface area contributed by atoms with Crippen molar-refractivity contribution in [2.24, 2.45) is 5.10 Å². The third-order valence-electron chi connectivity index (χ3n) is 7.88. The zero-order valence-corrected chi connectivity index (χ0v) is 18.3. The van der Waals surface area contributed by atoms with Crippen LogP contribution in [0.1, 0.15) is 49.9 Å². The summed E-state index contributed by atoms with van der Waals surface area (Å²) in [5.74, 6) is 1.06. The van der Waals surface area contributed by atoms with Gasteiger partial charge in [-0.2, -0.15) is 5.10 Å². The second-order valence-corrected chi connectivity index (χ2v) is 9.91. The number of hydrazone groups is 1. The fourth-order valence-electron chi connectivity index (χ4n) is 5.40. The molecule has 0 amide bonds. The lowest BCUT2D eigenvalue weighted by Crippen LogP contribution is -2.46. The van der Waals surface area contributed by atoms with Crippen molar-refractivity contribution >= 4 is 17.2 Å². The Morgan fingerprint density at radius 2 is 1.40 bits per heavy atom. The highest BCUT2D eigenvalue weighted by atomic mass is 15.6. The van der Waals surface area contributed by atoms with Crippen LogP contribution in [0.4, 0.5) is 11.4 Å². The summed E-state index contributed by atoms with van der Waals surface area (Å²) in [7, 11) is 0. The predicted octanol–water partition coefficient (Wildman–Crippen LogP) is 6.19. The number of anilines is 2. The molecule has 150 valence electrons. The minimum atomic E-state index is 0.0297. The zero-order valence-electron chi connectivity index (χ0n) is 18.3. The van der Waals surface area contributed by atoms with Crippen molar-refractivity contribution in [3.8, 4) is 11.1 Å². The van der Waals surface area contributed by atoms with Crippen molar-refractivity contribution in [1.29, 1.82) is 0 Å². The fourth-order valence-corrected chi connectivity index (χ4v) is 5.40. The maximum atomic E-state index is 5.11. The van der Waals surface area contributed by atoms with E-state index in [1.54, 1.807) is 0 Å². The van der Waals surface area contributed by atoms with Crippen LogP contribution in [0.2, 0.25) is 0 Å². The molecule has 3 nitrogen and oxygen atoms in total. The molecule has 1 aliphatic carbocycles. The van der Waals surface area contributed by atoms with E-state index in [2.05, 4.69) is 105 Å². The van der Waals surface area contributed by atoms with Crippen molar-refractivity contribution in [2.45, 2.75) is 45.4 Å². The number of aryl methyl sites for hydroxylation is 1. The van der Waals surface area contributed by atoms with E-state index in [0.717, 1.165) is 18.2 Å². The normalized spacial score (nSPS) is 19.3. The highest BCUT2D eigenvalue weighted by molar-refractivity contribution is 6.21. The van der Waals surface area contributed by atoms with Crippen LogP contribution in [0.3, 0.4) is 0 Å². The molecule has 0 saturated heterocycles. The summed E-state index contributed by atoms with van der Waals surface area (Å²) in [6.07, 6.45) is 0. The average molecular weight is 394 g/mol. The molecule has 0 bridgehead atoms. The number of hydrogen-bond donors (Lipinski definition) is 0. The summed E-state index contributed by atoms with van der Waals surface area (Å²) in [6, 6.07) is 22.2. The Kier molecular flexibility index (Phi) is 3.28. The minimum absolute atomic E-state index is 0.0297. The number of rotatable bonds is 1. The van der Waals surface area contributed by atoms with Gasteiger partial charge in [0.15, 0.2) is 5.84 Å². The first-order valence-electron chi connectivity index (χ1n) is 10.8. The van der Waals surface area contributed by atoms with Gasteiger partial charge in [0.2, 0.25) is 0 Å². The highest BCUT2D eigenvalue weighted by Crippen LogP contribution is 2.58. The van der Waals surface area contributed by atoms with Gasteiger partial charge in [0.25, 0.3) is 0 Å². The Morgan fingerprint density at radius 3 is 2.10 bits per heavy atom.